The van der Waals surface area contributed by atoms with Gasteiger partial charge in [-0.1, -0.05) is 40.5 Å². The van der Waals surface area contributed by atoms with Gasteiger partial charge in [0.05, 0.1) is 5.02 Å². The van der Waals surface area contributed by atoms with Gasteiger partial charge in [-0.05, 0) is 50.1 Å². The van der Waals surface area contributed by atoms with E-state index in [9.17, 15) is 4.79 Å². The summed E-state index contributed by atoms with van der Waals surface area (Å²) >= 11 is 6.12. The van der Waals surface area contributed by atoms with E-state index in [1.165, 1.54) is 0 Å². The molecular weight excluding hydrogens is 404 g/mol. The molecule has 2 amide bonds. The number of aryl methyl sites for hydroxylation is 3. The number of amides is 2. The Balaban J connectivity index is 1.49. The van der Waals surface area contributed by atoms with Crippen LogP contribution in [0, 0.1) is 20.8 Å². The van der Waals surface area contributed by atoms with Gasteiger partial charge in [0.1, 0.15) is 5.75 Å². The highest BCUT2D eigenvalue weighted by atomic mass is 35.5. The minimum absolute atomic E-state index is 0.124. The van der Waals surface area contributed by atoms with Crippen molar-refractivity contribution in [1.82, 2.24) is 15.0 Å². The molecule has 8 heteroatoms. The first-order valence-corrected chi connectivity index (χ1v) is 9.99. The first-order chi connectivity index (χ1) is 14.3. The van der Waals surface area contributed by atoms with Crippen molar-refractivity contribution < 1.29 is 14.1 Å². The fourth-order valence-electron chi connectivity index (χ4n) is 2.84. The molecule has 1 heterocycles. The fourth-order valence-corrected chi connectivity index (χ4v) is 3.02. The van der Waals surface area contributed by atoms with Gasteiger partial charge in [-0.15, -0.1) is 0 Å². The molecular formula is C22H25ClN4O3. The molecule has 0 aliphatic heterocycles. The average molecular weight is 429 g/mol. The van der Waals surface area contributed by atoms with E-state index in [4.69, 9.17) is 20.9 Å². The number of likely N-dealkylation sites (N-methyl/N-ethyl adjacent to an activating group) is 1. The van der Waals surface area contributed by atoms with Crippen molar-refractivity contribution in [2.24, 2.45) is 0 Å². The number of halogens is 1. The fraction of sp³-hybridized carbons (Fsp3) is 0.318. The minimum Gasteiger partial charge on any atom is -0.482 e. The summed E-state index contributed by atoms with van der Waals surface area (Å²) in [5.74, 6) is 1.43. The van der Waals surface area contributed by atoms with Gasteiger partial charge in [0.2, 0.25) is 0 Å². The molecule has 7 nitrogen and oxygen atoms in total. The van der Waals surface area contributed by atoms with Crippen LogP contribution in [0.1, 0.15) is 28.4 Å². The lowest BCUT2D eigenvalue weighted by Crippen LogP contribution is -2.33. The van der Waals surface area contributed by atoms with Gasteiger partial charge in [-0.25, -0.2) is 4.79 Å². The summed E-state index contributed by atoms with van der Waals surface area (Å²) in [7, 11) is 1.72. The highest BCUT2D eigenvalue weighted by Gasteiger charge is 2.13. The molecule has 0 spiro atoms. The van der Waals surface area contributed by atoms with Gasteiger partial charge in [0.15, 0.2) is 12.4 Å². The second kappa shape index (κ2) is 9.63. The molecule has 0 saturated carbocycles. The molecule has 1 aromatic heterocycles. The maximum atomic E-state index is 12.4. The Kier molecular flexibility index (Phi) is 6.95. The minimum atomic E-state index is -0.192. The van der Waals surface area contributed by atoms with Crippen molar-refractivity contribution in [3.05, 3.63) is 69.8 Å². The number of nitrogens with zero attached hydrogens (tertiary/aromatic N) is 3. The standard InChI is InChI=1S/C22H25ClN4O3/c1-14-6-8-18(16(3)11-14)24-22(28)27(4)10-9-20-25-21(30-26-20)13-29-19-12-15(2)5-7-17(19)23/h5-8,11-12H,9-10,13H2,1-4H3,(H,24,28). The van der Waals surface area contributed by atoms with Crippen molar-refractivity contribution in [3.8, 4) is 5.75 Å². The van der Waals surface area contributed by atoms with E-state index in [0.717, 1.165) is 22.4 Å². The summed E-state index contributed by atoms with van der Waals surface area (Å²) in [6.07, 6.45) is 0.464. The highest BCUT2D eigenvalue weighted by molar-refractivity contribution is 6.32. The lowest BCUT2D eigenvalue weighted by molar-refractivity contribution is 0.222. The third-order valence-corrected chi connectivity index (χ3v) is 4.90. The van der Waals surface area contributed by atoms with Crippen LogP contribution in [0.4, 0.5) is 10.5 Å². The number of hydrogen-bond acceptors (Lipinski definition) is 5. The average Bonchev–Trinajstić information content (AvgIpc) is 3.16. The number of aromatic nitrogens is 2. The second-order valence-electron chi connectivity index (χ2n) is 7.25. The molecule has 0 unspecified atom stereocenters. The number of nitrogens with one attached hydrogen (secondary N) is 1. The van der Waals surface area contributed by atoms with E-state index in [1.807, 2.05) is 51.1 Å². The van der Waals surface area contributed by atoms with Gasteiger partial charge in [0, 0.05) is 25.7 Å². The number of hydrogen-bond donors (Lipinski definition) is 1. The summed E-state index contributed by atoms with van der Waals surface area (Å²) in [5.41, 5.74) is 4.02. The largest absolute Gasteiger partial charge is 0.482 e. The van der Waals surface area contributed by atoms with Crippen LogP contribution in [0.2, 0.25) is 5.02 Å². The van der Waals surface area contributed by atoms with Crippen LogP contribution in [0.25, 0.3) is 0 Å². The molecule has 0 aliphatic rings. The number of anilines is 1. The van der Waals surface area contributed by atoms with Gasteiger partial charge in [-0.2, -0.15) is 4.98 Å². The quantitative estimate of drug-likeness (QED) is 0.576. The Morgan fingerprint density at radius 1 is 1.17 bits per heavy atom. The third kappa shape index (κ3) is 5.73. The molecule has 0 fully saturated rings. The van der Waals surface area contributed by atoms with E-state index < -0.39 is 0 Å². The number of benzene rings is 2. The van der Waals surface area contributed by atoms with E-state index in [1.54, 1.807) is 18.0 Å². The topological polar surface area (TPSA) is 80.5 Å². The summed E-state index contributed by atoms with van der Waals surface area (Å²) in [4.78, 5) is 18.3. The monoisotopic (exact) mass is 428 g/mol. The van der Waals surface area contributed by atoms with Crippen LogP contribution in [0.3, 0.4) is 0 Å². The Labute approximate surface area is 181 Å². The number of urea groups is 1. The molecule has 3 rings (SSSR count). The Hall–Kier alpha value is -3.06. The predicted molar refractivity (Wildman–Crippen MR) is 116 cm³/mol. The Morgan fingerprint density at radius 3 is 2.67 bits per heavy atom. The highest BCUT2D eigenvalue weighted by Crippen LogP contribution is 2.26. The van der Waals surface area contributed by atoms with Crippen molar-refractivity contribution in [2.45, 2.75) is 33.8 Å². The van der Waals surface area contributed by atoms with Gasteiger partial charge < -0.3 is 19.5 Å². The van der Waals surface area contributed by atoms with E-state index >= 15 is 0 Å². The number of ether oxygens (including phenoxy) is 1. The van der Waals surface area contributed by atoms with Crippen LogP contribution in [-0.4, -0.2) is 34.7 Å². The molecule has 0 aliphatic carbocycles. The summed E-state index contributed by atoms with van der Waals surface area (Å²) in [6.45, 7) is 6.51. The van der Waals surface area contributed by atoms with E-state index in [2.05, 4.69) is 15.5 Å². The first-order valence-electron chi connectivity index (χ1n) is 9.61. The number of carbonyl (C=O) groups is 1. The molecule has 30 heavy (non-hydrogen) atoms. The molecule has 3 aromatic rings. The summed E-state index contributed by atoms with van der Waals surface area (Å²) < 4.78 is 10.9. The molecule has 0 saturated heterocycles. The van der Waals surface area contributed by atoms with Crippen molar-refractivity contribution >= 4 is 23.3 Å². The molecule has 2 aromatic carbocycles. The lowest BCUT2D eigenvalue weighted by atomic mass is 10.1. The van der Waals surface area contributed by atoms with Crippen LogP contribution >= 0.6 is 11.6 Å². The van der Waals surface area contributed by atoms with Crippen molar-refractivity contribution in [2.75, 3.05) is 18.9 Å². The smallest absolute Gasteiger partial charge is 0.321 e. The van der Waals surface area contributed by atoms with Crippen LogP contribution in [0.15, 0.2) is 40.9 Å². The molecule has 1 N–H and O–H groups in total. The van der Waals surface area contributed by atoms with Crippen LogP contribution in [0.5, 0.6) is 5.75 Å². The van der Waals surface area contributed by atoms with E-state index in [-0.39, 0.29) is 12.6 Å². The van der Waals surface area contributed by atoms with Crippen molar-refractivity contribution in [1.29, 1.82) is 0 Å². The first kappa shape index (κ1) is 21.6. The molecule has 0 atom stereocenters. The predicted octanol–water partition coefficient (Wildman–Crippen LogP) is 4.93. The SMILES string of the molecule is Cc1ccc(NC(=O)N(C)CCc2noc(COc3cc(C)ccc3Cl)n2)c(C)c1. The van der Waals surface area contributed by atoms with Crippen LogP contribution < -0.4 is 10.1 Å². The Morgan fingerprint density at radius 2 is 1.90 bits per heavy atom. The van der Waals surface area contributed by atoms with Crippen LogP contribution in [-0.2, 0) is 13.0 Å². The zero-order valence-corrected chi connectivity index (χ0v) is 18.3. The van der Waals surface area contributed by atoms with Gasteiger partial charge >= 0.3 is 6.03 Å². The number of carbonyl (C=O) groups excluding carboxylic acids is 1. The van der Waals surface area contributed by atoms with Crippen molar-refractivity contribution in [3.63, 3.8) is 0 Å². The third-order valence-electron chi connectivity index (χ3n) is 4.59. The second-order valence-corrected chi connectivity index (χ2v) is 7.65. The van der Waals surface area contributed by atoms with E-state index in [0.29, 0.717) is 35.5 Å². The van der Waals surface area contributed by atoms with Gasteiger partial charge in [0.25, 0.3) is 5.89 Å². The lowest BCUT2D eigenvalue weighted by Gasteiger charge is -2.18. The zero-order chi connectivity index (χ0) is 21.7. The molecule has 0 bridgehead atoms. The molecule has 0 radical (unpaired) electrons. The summed E-state index contributed by atoms with van der Waals surface area (Å²) in [6, 6.07) is 11.3. The maximum absolute atomic E-state index is 12.4. The van der Waals surface area contributed by atoms with Gasteiger partial charge in [-0.3, -0.25) is 0 Å². The molecule has 158 valence electrons. The number of rotatable bonds is 7. The Bertz CT molecular complexity index is 1030. The zero-order valence-electron chi connectivity index (χ0n) is 17.5. The maximum Gasteiger partial charge on any atom is 0.321 e. The normalized spacial score (nSPS) is 10.7. The summed E-state index contributed by atoms with van der Waals surface area (Å²) in [5, 5.41) is 7.39.